The first-order valence-corrected chi connectivity index (χ1v) is 4.75. The van der Waals surface area contributed by atoms with E-state index in [-0.39, 0.29) is 12.2 Å². The number of carbonyl (C=O) groups excluding carboxylic acids is 1. The van der Waals surface area contributed by atoms with Gasteiger partial charge in [-0.25, -0.2) is 0 Å². The summed E-state index contributed by atoms with van der Waals surface area (Å²) in [7, 11) is 1.76. The van der Waals surface area contributed by atoms with Gasteiger partial charge in [0.25, 0.3) is 0 Å². The molecule has 0 aromatic carbocycles. The van der Waals surface area contributed by atoms with Crippen molar-refractivity contribution in [2.24, 2.45) is 7.05 Å². The first-order chi connectivity index (χ1) is 6.75. The monoisotopic (exact) mass is 209 g/mol. The van der Waals surface area contributed by atoms with Crippen molar-refractivity contribution in [2.45, 2.75) is 6.42 Å². The molecule has 14 heavy (non-hydrogen) atoms. The van der Waals surface area contributed by atoms with E-state index in [9.17, 15) is 4.79 Å². The molecule has 2 aromatic rings. The molecule has 2 heterocycles. The van der Waals surface area contributed by atoms with Crippen LogP contribution in [0.1, 0.15) is 16.2 Å². The van der Waals surface area contributed by atoms with Crippen molar-refractivity contribution >= 4 is 17.3 Å². The van der Waals surface area contributed by atoms with Crippen LogP contribution in [-0.4, -0.2) is 30.4 Å². The molecule has 7 heteroatoms. The Balaban J connectivity index is 2.09. The number of Topliss-reactive ketones (excluding diaryl/α,β-unsaturated/α-hetero) is 1. The van der Waals surface area contributed by atoms with E-state index in [1.807, 2.05) is 0 Å². The molecule has 0 aliphatic carbocycles. The maximum absolute atomic E-state index is 11.5. The number of nitrogens with zero attached hydrogens (tertiary/aromatic N) is 5. The second-order valence-corrected chi connectivity index (χ2v) is 3.38. The van der Waals surface area contributed by atoms with E-state index in [2.05, 4.69) is 19.9 Å². The van der Waals surface area contributed by atoms with E-state index < -0.39 is 0 Å². The molecule has 0 N–H and O–H groups in total. The van der Waals surface area contributed by atoms with E-state index >= 15 is 0 Å². The van der Waals surface area contributed by atoms with E-state index in [4.69, 9.17) is 0 Å². The summed E-state index contributed by atoms with van der Waals surface area (Å²) in [6.45, 7) is 0. The van der Waals surface area contributed by atoms with Gasteiger partial charge in [0.2, 0.25) is 0 Å². The summed E-state index contributed by atoms with van der Waals surface area (Å²) in [4.78, 5) is 11.5. The van der Waals surface area contributed by atoms with E-state index in [0.29, 0.717) is 11.4 Å². The number of aromatic nitrogens is 5. The number of aryl methyl sites for hydroxylation is 1. The predicted octanol–water partition coefficient (Wildman–Crippen LogP) is 0.0920. The summed E-state index contributed by atoms with van der Waals surface area (Å²) in [6, 6.07) is 0. The lowest BCUT2D eigenvalue weighted by Gasteiger charge is -1.90. The Morgan fingerprint density at radius 1 is 1.57 bits per heavy atom. The van der Waals surface area contributed by atoms with Gasteiger partial charge in [-0.05, 0) is 11.5 Å². The zero-order valence-electron chi connectivity index (χ0n) is 7.41. The number of hydrogen-bond donors (Lipinski definition) is 0. The molecule has 0 radical (unpaired) electrons. The summed E-state index contributed by atoms with van der Waals surface area (Å²) >= 11 is 1.16. The third-order valence-electron chi connectivity index (χ3n) is 1.64. The average molecular weight is 209 g/mol. The minimum absolute atomic E-state index is 0.0840. The average Bonchev–Trinajstić information content (AvgIpc) is 2.75. The van der Waals surface area contributed by atoms with Gasteiger partial charge in [0.1, 0.15) is 5.69 Å². The van der Waals surface area contributed by atoms with Gasteiger partial charge in [-0.3, -0.25) is 9.48 Å². The number of rotatable bonds is 3. The molecule has 0 unspecified atom stereocenters. The molecule has 0 spiro atoms. The van der Waals surface area contributed by atoms with Gasteiger partial charge < -0.3 is 0 Å². The van der Waals surface area contributed by atoms with Crippen molar-refractivity contribution in [3.63, 3.8) is 0 Å². The molecule has 2 aromatic heterocycles. The number of ketones is 1. The molecule has 72 valence electrons. The van der Waals surface area contributed by atoms with Crippen LogP contribution in [0.4, 0.5) is 0 Å². The minimum atomic E-state index is -0.0840. The van der Waals surface area contributed by atoms with Crippen LogP contribution in [-0.2, 0) is 13.5 Å². The van der Waals surface area contributed by atoms with Crippen molar-refractivity contribution in [1.82, 2.24) is 24.6 Å². The van der Waals surface area contributed by atoms with Crippen LogP contribution in [0.2, 0.25) is 0 Å². The van der Waals surface area contributed by atoms with Gasteiger partial charge >= 0.3 is 0 Å². The van der Waals surface area contributed by atoms with Crippen molar-refractivity contribution < 1.29 is 4.79 Å². The highest BCUT2D eigenvalue weighted by molar-refractivity contribution is 7.03. The quantitative estimate of drug-likeness (QED) is 0.670. The molecular weight excluding hydrogens is 202 g/mol. The Morgan fingerprint density at radius 2 is 2.43 bits per heavy atom. The molecule has 0 amide bonds. The standard InChI is InChI=1S/C7H7N5OS/c1-12-3-5(8-10-12)2-7(13)6-4-14-11-9-6/h3-4H,2H2,1H3. The molecule has 0 bridgehead atoms. The van der Waals surface area contributed by atoms with Crippen LogP contribution in [0.15, 0.2) is 11.6 Å². The normalized spacial score (nSPS) is 10.4. The second kappa shape index (κ2) is 3.62. The topological polar surface area (TPSA) is 73.6 Å². The summed E-state index contributed by atoms with van der Waals surface area (Å²) in [5.74, 6) is -0.0840. The maximum Gasteiger partial charge on any atom is 0.190 e. The Morgan fingerprint density at radius 3 is 3.00 bits per heavy atom. The Labute approximate surface area is 83.7 Å². The molecule has 0 atom stereocenters. The molecule has 0 aliphatic rings. The van der Waals surface area contributed by atoms with Crippen LogP contribution in [0.3, 0.4) is 0 Å². The summed E-state index contributed by atoms with van der Waals surface area (Å²) in [5.41, 5.74) is 1.03. The number of hydrogen-bond acceptors (Lipinski definition) is 6. The molecule has 2 rings (SSSR count). The van der Waals surface area contributed by atoms with Crippen molar-refractivity contribution in [3.05, 3.63) is 23.0 Å². The van der Waals surface area contributed by atoms with E-state index in [1.165, 1.54) is 0 Å². The number of carbonyl (C=O) groups is 1. The Bertz CT molecular complexity index is 435. The highest BCUT2D eigenvalue weighted by Gasteiger charge is 2.11. The van der Waals surface area contributed by atoms with Crippen molar-refractivity contribution in [1.29, 1.82) is 0 Å². The zero-order valence-corrected chi connectivity index (χ0v) is 8.23. The third kappa shape index (κ3) is 1.82. The van der Waals surface area contributed by atoms with Gasteiger partial charge in [0, 0.05) is 18.6 Å². The first kappa shape index (κ1) is 8.95. The van der Waals surface area contributed by atoms with Crippen LogP contribution in [0.5, 0.6) is 0 Å². The molecule has 0 saturated heterocycles. The third-order valence-corrected chi connectivity index (χ3v) is 2.14. The lowest BCUT2D eigenvalue weighted by molar-refractivity contribution is 0.0987. The Kier molecular flexibility index (Phi) is 2.32. The second-order valence-electron chi connectivity index (χ2n) is 2.77. The SMILES string of the molecule is Cn1cc(CC(=O)c2csnn2)nn1. The first-order valence-electron chi connectivity index (χ1n) is 3.91. The fourth-order valence-electron chi connectivity index (χ4n) is 1.02. The van der Waals surface area contributed by atoms with Crippen LogP contribution >= 0.6 is 11.5 Å². The smallest absolute Gasteiger partial charge is 0.190 e. The van der Waals surface area contributed by atoms with E-state index in [1.54, 1.807) is 23.3 Å². The molecular formula is C7H7N5OS. The van der Waals surface area contributed by atoms with Crippen molar-refractivity contribution in [3.8, 4) is 0 Å². The molecule has 0 aliphatic heterocycles. The summed E-state index contributed by atoms with van der Waals surface area (Å²) in [6.07, 6.45) is 1.93. The van der Waals surface area contributed by atoms with Gasteiger partial charge in [0.05, 0.1) is 12.1 Å². The molecule has 0 fully saturated rings. The predicted molar refractivity (Wildman–Crippen MR) is 48.9 cm³/mol. The van der Waals surface area contributed by atoms with Gasteiger partial charge in [-0.2, -0.15) is 0 Å². The summed E-state index contributed by atoms with van der Waals surface area (Å²) < 4.78 is 5.18. The lowest BCUT2D eigenvalue weighted by Crippen LogP contribution is -2.04. The fourth-order valence-corrected chi connectivity index (χ4v) is 1.48. The van der Waals surface area contributed by atoms with Crippen LogP contribution < -0.4 is 0 Å². The largest absolute Gasteiger partial charge is 0.292 e. The lowest BCUT2D eigenvalue weighted by atomic mass is 10.2. The van der Waals surface area contributed by atoms with Gasteiger partial charge in [-0.1, -0.05) is 9.70 Å². The maximum atomic E-state index is 11.5. The highest BCUT2D eigenvalue weighted by Crippen LogP contribution is 2.03. The molecule has 0 saturated carbocycles. The summed E-state index contributed by atoms with van der Waals surface area (Å²) in [5, 5.41) is 12.9. The highest BCUT2D eigenvalue weighted by atomic mass is 32.1. The minimum Gasteiger partial charge on any atom is -0.292 e. The zero-order chi connectivity index (χ0) is 9.97. The fraction of sp³-hybridized carbons (Fsp3) is 0.286. The van der Waals surface area contributed by atoms with E-state index in [0.717, 1.165) is 11.5 Å². The van der Waals surface area contributed by atoms with Gasteiger partial charge in [-0.15, -0.1) is 10.2 Å². The molecule has 6 nitrogen and oxygen atoms in total. The van der Waals surface area contributed by atoms with Gasteiger partial charge in [0.15, 0.2) is 5.78 Å². The van der Waals surface area contributed by atoms with Crippen LogP contribution in [0.25, 0.3) is 0 Å². The Hall–Kier alpha value is -1.63. The van der Waals surface area contributed by atoms with Crippen molar-refractivity contribution in [2.75, 3.05) is 0 Å². The van der Waals surface area contributed by atoms with Crippen LogP contribution in [0, 0.1) is 0 Å².